The molecule has 0 fully saturated rings. The predicted molar refractivity (Wildman–Crippen MR) is 114 cm³/mol. The molecule has 6 nitrogen and oxygen atoms in total. The van der Waals surface area contributed by atoms with Crippen molar-refractivity contribution in [2.75, 3.05) is 5.75 Å². The molecule has 4 rings (SSSR count). The molecule has 8 heteroatoms. The van der Waals surface area contributed by atoms with E-state index in [4.69, 9.17) is 5.26 Å². The first-order valence-electron chi connectivity index (χ1n) is 8.49. The zero-order chi connectivity index (χ0) is 19.3. The van der Waals surface area contributed by atoms with Gasteiger partial charge in [0.15, 0.2) is 4.34 Å². The smallest absolute Gasteiger partial charge is 0.250 e. The van der Waals surface area contributed by atoms with Gasteiger partial charge in [0.1, 0.15) is 6.54 Å². The lowest BCUT2D eigenvalue weighted by Gasteiger charge is -1.97. The van der Waals surface area contributed by atoms with Crippen molar-refractivity contribution in [1.82, 2.24) is 15.0 Å². The van der Waals surface area contributed by atoms with Crippen molar-refractivity contribution in [1.29, 1.82) is 5.26 Å². The van der Waals surface area contributed by atoms with Crippen LogP contribution in [0.15, 0.2) is 64.2 Å². The zero-order valence-corrected chi connectivity index (χ0v) is 16.3. The molecule has 2 aromatic carbocycles. The first kappa shape index (κ1) is 18.2. The minimum atomic E-state index is -0.193. The predicted octanol–water partition coefficient (Wildman–Crippen LogP) is 4.02. The number of hydrazone groups is 1. The number of aromatic nitrogens is 2. The fourth-order valence-corrected chi connectivity index (χ4v) is 4.69. The van der Waals surface area contributed by atoms with E-state index in [0.717, 1.165) is 31.0 Å². The van der Waals surface area contributed by atoms with E-state index in [-0.39, 0.29) is 18.2 Å². The molecule has 2 aromatic heterocycles. The molecule has 2 heterocycles. The summed E-state index contributed by atoms with van der Waals surface area (Å²) >= 11 is 2.97. The summed E-state index contributed by atoms with van der Waals surface area (Å²) in [4.78, 5) is 16.6. The van der Waals surface area contributed by atoms with Gasteiger partial charge in [-0.05, 0) is 18.2 Å². The summed E-state index contributed by atoms with van der Waals surface area (Å²) in [6.07, 6.45) is 3.47. The van der Waals surface area contributed by atoms with Crippen LogP contribution in [0.1, 0.15) is 5.56 Å². The average Bonchev–Trinajstić information content (AvgIpc) is 3.28. The molecule has 1 amide bonds. The number of nitriles is 1. The van der Waals surface area contributed by atoms with Gasteiger partial charge < -0.3 is 4.57 Å². The van der Waals surface area contributed by atoms with E-state index in [1.807, 2.05) is 59.3 Å². The summed E-state index contributed by atoms with van der Waals surface area (Å²) in [6.45, 7) is 0.263. The third kappa shape index (κ3) is 3.91. The highest BCUT2D eigenvalue weighted by Crippen LogP contribution is 2.29. The lowest BCUT2D eigenvalue weighted by atomic mass is 10.2. The number of carbonyl (C=O) groups is 1. The Kier molecular flexibility index (Phi) is 5.37. The van der Waals surface area contributed by atoms with E-state index in [2.05, 4.69) is 21.6 Å². The van der Waals surface area contributed by atoms with Gasteiger partial charge in [-0.1, -0.05) is 42.1 Å². The molecule has 0 saturated carbocycles. The van der Waals surface area contributed by atoms with Gasteiger partial charge in [0.2, 0.25) is 0 Å². The second kappa shape index (κ2) is 8.25. The number of benzene rings is 2. The maximum absolute atomic E-state index is 12.1. The second-order valence-corrected chi connectivity index (χ2v) is 8.17. The average molecular weight is 406 g/mol. The Labute approximate surface area is 169 Å². The van der Waals surface area contributed by atoms with Crippen molar-refractivity contribution in [2.24, 2.45) is 5.10 Å². The van der Waals surface area contributed by atoms with Gasteiger partial charge in [0, 0.05) is 22.7 Å². The van der Waals surface area contributed by atoms with Crippen molar-refractivity contribution in [3.05, 3.63) is 60.3 Å². The fourth-order valence-electron chi connectivity index (χ4n) is 2.83. The maximum atomic E-state index is 12.1. The molecule has 0 aliphatic rings. The topological polar surface area (TPSA) is 83.1 Å². The Morgan fingerprint density at radius 1 is 1.29 bits per heavy atom. The number of nitrogens with one attached hydrogen (secondary N) is 1. The van der Waals surface area contributed by atoms with Gasteiger partial charge >= 0.3 is 0 Å². The summed E-state index contributed by atoms with van der Waals surface area (Å²) < 4.78 is 3.83. The van der Waals surface area contributed by atoms with Crippen LogP contribution in [0.5, 0.6) is 0 Å². The number of rotatable bonds is 6. The maximum Gasteiger partial charge on any atom is 0.250 e. The Bertz CT molecular complexity index is 1190. The summed E-state index contributed by atoms with van der Waals surface area (Å²) in [5.41, 5.74) is 5.31. The first-order valence-corrected chi connectivity index (χ1v) is 10.3. The molecule has 0 spiro atoms. The van der Waals surface area contributed by atoms with Crippen LogP contribution < -0.4 is 5.43 Å². The number of fused-ring (bicyclic) bond motifs is 2. The van der Waals surface area contributed by atoms with Gasteiger partial charge in [-0.3, -0.25) is 4.79 Å². The quantitative estimate of drug-likeness (QED) is 0.298. The lowest BCUT2D eigenvalue weighted by molar-refractivity contribution is -0.118. The van der Waals surface area contributed by atoms with Crippen molar-refractivity contribution in [3.8, 4) is 6.07 Å². The molecule has 28 heavy (non-hydrogen) atoms. The monoisotopic (exact) mass is 405 g/mol. The largest absolute Gasteiger partial charge is 0.333 e. The van der Waals surface area contributed by atoms with Gasteiger partial charge in [-0.2, -0.15) is 10.4 Å². The zero-order valence-electron chi connectivity index (χ0n) is 14.7. The van der Waals surface area contributed by atoms with Crippen molar-refractivity contribution in [3.63, 3.8) is 0 Å². The van der Waals surface area contributed by atoms with Crippen LogP contribution in [-0.4, -0.2) is 27.4 Å². The number of para-hydroxylation sites is 2. The fraction of sp³-hybridized carbons (Fsp3) is 0.100. The van der Waals surface area contributed by atoms with Crippen molar-refractivity contribution >= 4 is 56.3 Å². The molecule has 0 atom stereocenters. The molecule has 0 saturated heterocycles. The van der Waals surface area contributed by atoms with Gasteiger partial charge in [-0.15, -0.1) is 11.3 Å². The van der Waals surface area contributed by atoms with Crippen molar-refractivity contribution < 1.29 is 4.79 Å². The summed E-state index contributed by atoms with van der Waals surface area (Å²) in [6, 6.07) is 17.8. The van der Waals surface area contributed by atoms with E-state index in [0.29, 0.717) is 0 Å². The Balaban J connectivity index is 1.38. The SMILES string of the molecule is N#CCn1cc(/C=N/NC(=O)CSc2nc3ccccc3s2)c2ccccc21. The molecule has 0 radical (unpaired) electrons. The third-order valence-electron chi connectivity index (χ3n) is 4.05. The third-order valence-corrected chi connectivity index (χ3v) is 6.23. The number of amides is 1. The number of nitrogens with zero attached hydrogens (tertiary/aromatic N) is 4. The molecule has 4 aromatic rings. The van der Waals surface area contributed by atoms with E-state index in [1.54, 1.807) is 17.6 Å². The Morgan fingerprint density at radius 3 is 2.96 bits per heavy atom. The van der Waals surface area contributed by atoms with Crippen molar-refractivity contribution in [2.45, 2.75) is 10.9 Å². The van der Waals surface area contributed by atoms with Crippen LogP contribution in [0.25, 0.3) is 21.1 Å². The van der Waals surface area contributed by atoms with Crippen LogP contribution in [0.4, 0.5) is 0 Å². The summed E-state index contributed by atoms with van der Waals surface area (Å²) in [7, 11) is 0. The standard InChI is InChI=1S/C20H15N5OS2/c21-9-10-25-12-14(15-5-1-3-7-17(15)25)11-22-24-19(26)13-27-20-23-16-6-2-4-8-18(16)28-20/h1-8,11-12H,10,13H2,(H,24,26)/b22-11+. The highest BCUT2D eigenvalue weighted by Gasteiger charge is 2.08. The molecule has 0 aliphatic heterocycles. The highest BCUT2D eigenvalue weighted by atomic mass is 32.2. The lowest BCUT2D eigenvalue weighted by Crippen LogP contribution is -2.19. The van der Waals surface area contributed by atoms with E-state index < -0.39 is 0 Å². The Morgan fingerprint density at radius 2 is 2.11 bits per heavy atom. The van der Waals surface area contributed by atoms with E-state index in [9.17, 15) is 4.79 Å². The molecule has 0 unspecified atom stereocenters. The van der Waals surface area contributed by atoms with Crippen LogP contribution in [0, 0.1) is 11.3 Å². The first-order chi connectivity index (χ1) is 13.7. The van der Waals surface area contributed by atoms with Crippen LogP contribution in [0.3, 0.4) is 0 Å². The second-order valence-electron chi connectivity index (χ2n) is 5.92. The number of hydrogen-bond acceptors (Lipinski definition) is 6. The molecular weight excluding hydrogens is 390 g/mol. The minimum Gasteiger partial charge on any atom is -0.333 e. The van der Waals surface area contributed by atoms with Crippen LogP contribution in [0.2, 0.25) is 0 Å². The van der Waals surface area contributed by atoms with Gasteiger partial charge in [0.05, 0.1) is 28.3 Å². The minimum absolute atomic E-state index is 0.193. The molecule has 138 valence electrons. The normalized spacial score (nSPS) is 11.2. The van der Waals surface area contributed by atoms with Crippen LogP contribution >= 0.6 is 23.1 Å². The number of carbonyl (C=O) groups excluding carboxylic acids is 1. The number of hydrogen-bond donors (Lipinski definition) is 1. The van der Waals surface area contributed by atoms with Gasteiger partial charge in [-0.25, -0.2) is 10.4 Å². The molecule has 0 bridgehead atoms. The van der Waals surface area contributed by atoms with E-state index in [1.165, 1.54) is 11.8 Å². The number of thiazole rings is 1. The number of thioether (sulfide) groups is 1. The van der Waals surface area contributed by atoms with Gasteiger partial charge in [0.25, 0.3) is 5.91 Å². The van der Waals surface area contributed by atoms with Crippen LogP contribution in [-0.2, 0) is 11.3 Å². The summed E-state index contributed by atoms with van der Waals surface area (Å²) in [5.74, 6) is 0.0501. The molecular formula is C20H15N5OS2. The van der Waals surface area contributed by atoms with E-state index >= 15 is 0 Å². The highest BCUT2D eigenvalue weighted by molar-refractivity contribution is 8.01. The molecule has 0 aliphatic carbocycles. The summed E-state index contributed by atoms with van der Waals surface area (Å²) in [5, 5.41) is 14.0. The Hall–Kier alpha value is -3.15. The molecule has 1 N–H and O–H groups in total.